The van der Waals surface area contributed by atoms with Crippen LogP contribution < -0.4 is 14.2 Å². The van der Waals surface area contributed by atoms with Gasteiger partial charge in [-0.3, -0.25) is 4.79 Å². The summed E-state index contributed by atoms with van der Waals surface area (Å²) in [5, 5.41) is 0. The molecule has 2 rings (SSSR count). The van der Waals surface area contributed by atoms with E-state index in [1.165, 1.54) is 33.5 Å². The molecule has 144 valence electrons. The van der Waals surface area contributed by atoms with E-state index in [0.717, 1.165) is 16.7 Å². The molecule has 0 bridgehead atoms. The van der Waals surface area contributed by atoms with E-state index in [1.54, 1.807) is 0 Å². The number of hydrogen-bond donors (Lipinski definition) is 0. The summed E-state index contributed by atoms with van der Waals surface area (Å²) >= 11 is 0. The Morgan fingerprint density at radius 1 is 0.778 bits per heavy atom. The van der Waals surface area contributed by atoms with Crippen LogP contribution in [0.1, 0.15) is 37.4 Å². The average molecular weight is 372 g/mol. The first kappa shape index (κ1) is 20.3. The van der Waals surface area contributed by atoms with Gasteiger partial charge in [0.15, 0.2) is 18.1 Å². The molecule has 2 aromatic rings. The Balaban J connectivity index is 2.22. The number of ketones is 1. The van der Waals surface area contributed by atoms with Crippen LogP contribution in [-0.4, -0.2) is 39.7 Å². The standard InChI is InChI=1S/C21H24O6/c1-12-7-13(2)20(14(3)8-12)16(22)11-27-21(23)15-9-18(25-5)19(26-6)10-17(15)24-4/h7-10H,11H2,1-6H3. The minimum Gasteiger partial charge on any atom is -0.496 e. The van der Waals surface area contributed by atoms with Gasteiger partial charge < -0.3 is 18.9 Å². The summed E-state index contributed by atoms with van der Waals surface area (Å²) in [5.74, 6) is 0.129. The molecule has 0 saturated carbocycles. The lowest BCUT2D eigenvalue weighted by Crippen LogP contribution is -2.17. The van der Waals surface area contributed by atoms with Crippen molar-refractivity contribution in [3.8, 4) is 17.2 Å². The molecule has 0 atom stereocenters. The Labute approximate surface area is 159 Å². The predicted molar refractivity (Wildman–Crippen MR) is 101 cm³/mol. The monoisotopic (exact) mass is 372 g/mol. The average Bonchev–Trinajstić information content (AvgIpc) is 2.63. The molecule has 0 aromatic heterocycles. The Hall–Kier alpha value is -3.02. The second-order valence-corrected chi connectivity index (χ2v) is 6.18. The molecule has 0 aliphatic carbocycles. The van der Waals surface area contributed by atoms with E-state index in [9.17, 15) is 9.59 Å². The maximum absolute atomic E-state index is 12.6. The number of carbonyl (C=O) groups is 2. The molecule has 0 aliphatic heterocycles. The summed E-state index contributed by atoms with van der Waals surface area (Å²) in [6, 6.07) is 6.86. The third kappa shape index (κ3) is 4.39. The second kappa shape index (κ2) is 8.58. The van der Waals surface area contributed by atoms with Crippen molar-refractivity contribution in [1.82, 2.24) is 0 Å². The summed E-state index contributed by atoms with van der Waals surface area (Å²) in [7, 11) is 4.38. The van der Waals surface area contributed by atoms with Gasteiger partial charge in [-0.1, -0.05) is 17.7 Å². The van der Waals surface area contributed by atoms with Gasteiger partial charge in [0, 0.05) is 17.7 Å². The zero-order chi connectivity index (χ0) is 20.1. The normalized spacial score (nSPS) is 10.3. The molecular weight excluding hydrogens is 348 g/mol. The van der Waals surface area contributed by atoms with Crippen LogP contribution in [0.4, 0.5) is 0 Å². The lowest BCUT2D eigenvalue weighted by Gasteiger charge is -2.14. The molecule has 2 aromatic carbocycles. The van der Waals surface area contributed by atoms with Gasteiger partial charge in [-0.2, -0.15) is 0 Å². The zero-order valence-electron chi connectivity index (χ0n) is 16.5. The number of aryl methyl sites for hydroxylation is 3. The van der Waals surface area contributed by atoms with E-state index in [4.69, 9.17) is 18.9 Å². The zero-order valence-corrected chi connectivity index (χ0v) is 16.5. The molecule has 0 unspecified atom stereocenters. The van der Waals surface area contributed by atoms with E-state index in [2.05, 4.69) is 0 Å². The number of Topliss-reactive ketones (excluding diaryl/α,β-unsaturated/α-hetero) is 1. The molecule has 0 radical (unpaired) electrons. The minimum atomic E-state index is -0.677. The number of esters is 1. The van der Waals surface area contributed by atoms with Crippen LogP contribution in [0.3, 0.4) is 0 Å². The van der Waals surface area contributed by atoms with E-state index in [-0.39, 0.29) is 23.7 Å². The molecule has 0 fully saturated rings. The van der Waals surface area contributed by atoms with Crippen molar-refractivity contribution in [3.63, 3.8) is 0 Å². The van der Waals surface area contributed by atoms with Crippen molar-refractivity contribution in [3.05, 3.63) is 52.1 Å². The number of methoxy groups -OCH3 is 3. The number of hydrogen-bond acceptors (Lipinski definition) is 6. The molecule has 0 N–H and O–H groups in total. The second-order valence-electron chi connectivity index (χ2n) is 6.18. The van der Waals surface area contributed by atoms with Gasteiger partial charge >= 0.3 is 5.97 Å². The first-order chi connectivity index (χ1) is 12.8. The van der Waals surface area contributed by atoms with Crippen LogP contribution >= 0.6 is 0 Å². The largest absolute Gasteiger partial charge is 0.496 e. The predicted octanol–water partition coefficient (Wildman–Crippen LogP) is 3.68. The molecule has 0 amide bonds. The minimum absolute atomic E-state index is 0.153. The van der Waals surface area contributed by atoms with Gasteiger partial charge in [-0.25, -0.2) is 4.79 Å². The van der Waals surface area contributed by atoms with Crippen molar-refractivity contribution < 1.29 is 28.5 Å². The Morgan fingerprint density at radius 2 is 1.30 bits per heavy atom. The Kier molecular flexibility index (Phi) is 6.45. The Bertz CT molecular complexity index is 846. The SMILES string of the molecule is COc1cc(OC)c(C(=O)OCC(=O)c2c(C)cc(C)cc2C)cc1OC. The van der Waals surface area contributed by atoms with Crippen LogP contribution in [0.5, 0.6) is 17.2 Å². The molecular formula is C21H24O6. The molecule has 6 heteroatoms. The van der Waals surface area contributed by atoms with E-state index in [1.807, 2.05) is 32.9 Å². The lowest BCUT2D eigenvalue weighted by molar-refractivity contribution is 0.0470. The number of rotatable bonds is 7. The van der Waals surface area contributed by atoms with Crippen molar-refractivity contribution in [2.75, 3.05) is 27.9 Å². The summed E-state index contributed by atoms with van der Waals surface area (Å²) in [6.07, 6.45) is 0. The number of carbonyl (C=O) groups excluding carboxylic acids is 2. The van der Waals surface area contributed by atoms with Crippen molar-refractivity contribution >= 4 is 11.8 Å². The van der Waals surface area contributed by atoms with Crippen LogP contribution in [-0.2, 0) is 4.74 Å². The van der Waals surface area contributed by atoms with E-state index < -0.39 is 5.97 Å². The van der Waals surface area contributed by atoms with Crippen LogP contribution in [0, 0.1) is 20.8 Å². The smallest absolute Gasteiger partial charge is 0.342 e. The van der Waals surface area contributed by atoms with Gasteiger partial charge in [0.1, 0.15) is 11.3 Å². The van der Waals surface area contributed by atoms with Crippen molar-refractivity contribution in [2.45, 2.75) is 20.8 Å². The first-order valence-corrected chi connectivity index (χ1v) is 8.40. The number of ether oxygens (including phenoxy) is 4. The summed E-state index contributed by atoms with van der Waals surface area (Å²) in [6.45, 7) is 5.34. The van der Waals surface area contributed by atoms with Gasteiger partial charge in [0.05, 0.1) is 21.3 Å². The van der Waals surface area contributed by atoms with Crippen LogP contribution in [0.2, 0.25) is 0 Å². The first-order valence-electron chi connectivity index (χ1n) is 8.40. The van der Waals surface area contributed by atoms with Gasteiger partial charge in [0.25, 0.3) is 0 Å². The fourth-order valence-corrected chi connectivity index (χ4v) is 3.09. The molecule has 0 heterocycles. The van der Waals surface area contributed by atoms with E-state index in [0.29, 0.717) is 17.1 Å². The third-order valence-electron chi connectivity index (χ3n) is 4.22. The molecule has 6 nitrogen and oxygen atoms in total. The third-order valence-corrected chi connectivity index (χ3v) is 4.22. The van der Waals surface area contributed by atoms with Crippen molar-refractivity contribution in [2.24, 2.45) is 0 Å². The molecule has 0 aliphatic rings. The highest BCUT2D eigenvalue weighted by Gasteiger charge is 2.21. The van der Waals surface area contributed by atoms with Gasteiger partial charge in [0.2, 0.25) is 5.78 Å². The highest BCUT2D eigenvalue weighted by atomic mass is 16.5. The molecule has 27 heavy (non-hydrogen) atoms. The van der Waals surface area contributed by atoms with E-state index >= 15 is 0 Å². The van der Waals surface area contributed by atoms with Crippen LogP contribution in [0.25, 0.3) is 0 Å². The Morgan fingerprint density at radius 3 is 1.81 bits per heavy atom. The maximum atomic E-state index is 12.6. The quantitative estimate of drug-likeness (QED) is 0.545. The summed E-state index contributed by atoms with van der Waals surface area (Å²) < 4.78 is 20.9. The fourth-order valence-electron chi connectivity index (χ4n) is 3.09. The molecule has 0 spiro atoms. The van der Waals surface area contributed by atoms with Gasteiger partial charge in [-0.15, -0.1) is 0 Å². The maximum Gasteiger partial charge on any atom is 0.342 e. The topological polar surface area (TPSA) is 71.1 Å². The summed E-state index contributed by atoms with van der Waals surface area (Å²) in [4.78, 5) is 25.1. The van der Waals surface area contributed by atoms with Gasteiger partial charge in [-0.05, 0) is 31.9 Å². The highest BCUT2D eigenvalue weighted by Crippen LogP contribution is 2.35. The molecule has 0 saturated heterocycles. The van der Waals surface area contributed by atoms with Crippen LogP contribution in [0.15, 0.2) is 24.3 Å². The van der Waals surface area contributed by atoms with Crippen molar-refractivity contribution in [1.29, 1.82) is 0 Å². The number of benzene rings is 2. The highest BCUT2D eigenvalue weighted by molar-refractivity contribution is 6.02. The lowest BCUT2D eigenvalue weighted by atomic mass is 9.97. The fraction of sp³-hybridized carbons (Fsp3) is 0.333. The summed E-state index contributed by atoms with van der Waals surface area (Å²) in [5.41, 5.74) is 3.52.